The number of aliphatic hydroxyl groups excluding tert-OH is 1. The monoisotopic (exact) mass is 504 g/mol. The molecule has 0 fully saturated rings. The molecule has 1 unspecified atom stereocenters. The number of aryl methyl sites for hydroxylation is 2. The zero-order valence-electron chi connectivity index (χ0n) is 16.9. The summed E-state index contributed by atoms with van der Waals surface area (Å²) in [5, 5.41) is 16.8. The molecular weight excluding hydrogens is 475 g/mol. The van der Waals surface area contributed by atoms with Crippen molar-refractivity contribution in [1.29, 1.82) is 0 Å². The Morgan fingerprint density at radius 3 is 2.32 bits per heavy atom. The van der Waals surface area contributed by atoms with Crippen molar-refractivity contribution in [2.45, 2.75) is 33.4 Å². The van der Waals surface area contributed by atoms with Gasteiger partial charge in [0.2, 0.25) is 5.89 Å². The van der Waals surface area contributed by atoms with Gasteiger partial charge in [0, 0.05) is 19.2 Å². The molecule has 28 heavy (non-hydrogen) atoms. The maximum Gasteiger partial charge on any atom is 0.216 e. The summed E-state index contributed by atoms with van der Waals surface area (Å²) in [4.78, 5) is 8.77. The molecule has 0 aliphatic rings. The minimum absolute atomic E-state index is 0. The number of aliphatic imine (C=N–C) groups is 1. The molecule has 0 radical (unpaired) electrons. The van der Waals surface area contributed by atoms with Gasteiger partial charge in [-0.3, -0.25) is 0 Å². The number of nitrogens with zero attached hydrogens (tertiary/aromatic N) is 2. The Morgan fingerprint density at radius 1 is 1.18 bits per heavy atom. The molecule has 1 aromatic heterocycles. The Kier molecular flexibility index (Phi) is 10.1. The van der Waals surface area contributed by atoms with Gasteiger partial charge in [-0.15, -0.1) is 24.0 Å². The maximum absolute atomic E-state index is 10.5. The number of guanidine groups is 1. The minimum atomic E-state index is -0.760. The molecule has 2 aromatic rings. The molecule has 0 aliphatic carbocycles. The normalized spacial score (nSPS) is 12.1. The largest absolute Gasteiger partial charge is 0.497 e. The van der Waals surface area contributed by atoms with Crippen molar-refractivity contribution < 1.29 is 19.0 Å². The van der Waals surface area contributed by atoms with Crippen LogP contribution < -0.4 is 20.1 Å². The second-order valence-electron chi connectivity index (χ2n) is 5.99. The van der Waals surface area contributed by atoms with Gasteiger partial charge in [0.15, 0.2) is 5.96 Å². The van der Waals surface area contributed by atoms with Crippen molar-refractivity contribution in [2.75, 3.05) is 27.3 Å². The van der Waals surface area contributed by atoms with Crippen LogP contribution in [0.5, 0.6) is 11.5 Å². The molecule has 0 aliphatic heterocycles. The van der Waals surface area contributed by atoms with Crippen molar-refractivity contribution in [3.05, 3.63) is 41.1 Å². The Morgan fingerprint density at radius 2 is 1.82 bits per heavy atom. The topological polar surface area (TPSA) is 101 Å². The number of aliphatic hydroxyl groups is 1. The second-order valence-corrected chi connectivity index (χ2v) is 5.99. The highest BCUT2D eigenvalue weighted by Crippen LogP contribution is 2.26. The third kappa shape index (κ3) is 6.86. The SMILES string of the molecule is CCNC(=NCc1nc(C)c(C)o1)NCC(O)c1cc(OC)cc(OC)c1.I. The summed E-state index contributed by atoms with van der Waals surface area (Å²) in [6, 6.07) is 5.31. The number of rotatable bonds is 8. The lowest BCUT2D eigenvalue weighted by Gasteiger charge is -2.17. The fraction of sp³-hybridized carbons (Fsp3) is 0.474. The summed E-state index contributed by atoms with van der Waals surface area (Å²) in [6.45, 7) is 7.02. The number of hydrogen-bond acceptors (Lipinski definition) is 6. The van der Waals surface area contributed by atoms with Crippen LogP contribution in [0.2, 0.25) is 0 Å². The number of ether oxygens (including phenoxy) is 2. The molecule has 1 atom stereocenters. The summed E-state index contributed by atoms with van der Waals surface area (Å²) < 4.78 is 16.0. The molecule has 0 bridgehead atoms. The standard InChI is InChI=1S/C19H28N4O4.HI/c1-6-20-19(22-11-18-23-12(2)13(3)27-18)21-10-17(24)14-7-15(25-4)9-16(8-14)26-5;/h7-9,17,24H,6,10-11H2,1-5H3,(H2,20,21,22);1H. The fourth-order valence-corrected chi connectivity index (χ4v) is 2.43. The van der Waals surface area contributed by atoms with E-state index in [9.17, 15) is 5.11 Å². The molecule has 1 heterocycles. The second kappa shape index (κ2) is 11.7. The van der Waals surface area contributed by atoms with Gasteiger partial charge < -0.3 is 29.6 Å². The molecule has 8 nitrogen and oxygen atoms in total. The van der Waals surface area contributed by atoms with Crippen LogP contribution in [0, 0.1) is 13.8 Å². The van der Waals surface area contributed by atoms with Gasteiger partial charge >= 0.3 is 0 Å². The Hall–Kier alpha value is -2.01. The van der Waals surface area contributed by atoms with Crippen molar-refractivity contribution in [3.8, 4) is 11.5 Å². The van der Waals surface area contributed by atoms with Crippen LogP contribution in [0.25, 0.3) is 0 Å². The van der Waals surface area contributed by atoms with E-state index in [4.69, 9.17) is 13.9 Å². The van der Waals surface area contributed by atoms with Crippen LogP contribution >= 0.6 is 24.0 Å². The van der Waals surface area contributed by atoms with Gasteiger partial charge in [-0.25, -0.2) is 9.98 Å². The zero-order chi connectivity index (χ0) is 19.8. The molecule has 9 heteroatoms. The molecule has 3 N–H and O–H groups in total. The summed E-state index contributed by atoms with van der Waals surface area (Å²) >= 11 is 0. The lowest BCUT2D eigenvalue weighted by atomic mass is 10.1. The smallest absolute Gasteiger partial charge is 0.216 e. The van der Waals surface area contributed by atoms with Gasteiger partial charge in [0.05, 0.1) is 26.0 Å². The maximum atomic E-state index is 10.5. The summed E-state index contributed by atoms with van der Waals surface area (Å²) in [5.74, 6) is 3.16. The molecule has 0 saturated carbocycles. The van der Waals surface area contributed by atoms with Crippen molar-refractivity contribution in [3.63, 3.8) is 0 Å². The van der Waals surface area contributed by atoms with Gasteiger partial charge in [0.25, 0.3) is 0 Å². The quantitative estimate of drug-likeness (QED) is 0.289. The summed E-state index contributed by atoms with van der Waals surface area (Å²) in [6.07, 6.45) is -0.760. The fourth-order valence-electron chi connectivity index (χ4n) is 2.43. The van der Waals surface area contributed by atoms with Crippen molar-refractivity contribution in [2.24, 2.45) is 4.99 Å². The van der Waals surface area contributed by atoms with E-state index < -0.39 is 6.10 Å². The van der Waals surface area contributed by atoms with E-state index in [0.717, 1.165) is 11.5 Å². The number of aromatic nitrogens is 1. The van der Waals surface area contributed by atoms with Gasteiger partial charge in [-0.2, -0.15) is 0 Å². The molecule has 0 saturated heterocycles. The lowest BCUT2D eigenvalue weighted by molar-refractivity contribution is 0.180. The number of benzene rings is 1. The van der Waals surface area contributed by atoms with Crippen molar-refractivity contribution in [1.82, 2.24) is 15.6 Å². The van der Waals surface area contributed by atoms with Crippen LogP contribution in [0.4, 0.5) is 0 Å². The first-order valence-corrected chi connectivity index (χ1v) is 8.82. The Bertz CT molecular complexity index is 738. The zero-order valence-corrected chi connectivity index (χ0v) is 19.2. The number of methoxy groups -OCH3 is 2. The Balaban J connectivity index is 0.00000392. The number of hydrogen-bond donors (Lipinski definition) is 3. The first-order chi connectivity index (χ1) is 13.0. The van der Waals surface area contributed by atoms with E-state index in [0.29, 0.717) is 42.0 Å². The van der Waals surface area contributed by atoms with Crippen LogP contribution in [0.1, 0.15) is 35.9 Å². The predicted molar refractivity (Wildman–Crippen MR) is 119 cm³/mol. The highest BCUT2D eigenvalue weighted by Gasteiger charge is 2.12. The lowest BCUT2D eigenvalue weighted by Crippen LogP contribution is -2.39. The van der Waals surface area contributed by atoms with Crippen molar-refractivity contribution >= 4 is 29.9 Å². The third-order valence-electron chi connectivity index (χ3n) is 4.01. The molecular formula is C19H29IN4O4. The third-order valence-corrected chi connectivity index (χ3v) is 4.01. The summed E-state index contributed by atoms with van der Waals surface area (Å²) in [5.41, 5.74) is 1.55. The van der Waals surface area contributed by atoms with Gasteiger partial charge in [-0.1, -0.05) is 0 Å². The highest BCUT2D eigenvalue weighted by molar-refractivity contribution is 14.0. The minimum Gasteiger partial charge on any atom is -0.497 e. The van der Waals surface area contributed by atoms with E-state index in [1.807, 2.05) is 20.8 Å². The van der Waals surface area contributed by atoms with Crippen LogP contribution in [-0.2, 0) is 6.54 Å². The highest BCUT2D eigenvalue weighted by atomic mass is 127. The molecule has 1 aromatic carbocycles. The summed E-state index contributed by atoms with van der Waals surface area (Å²) in [7, 11) is 3.15. The van der Waals surface area contributed by atoms with Crippen LogP contribution in [-0.4, -0.2) is 43.4 Å². The van der Waals surface area contributed by atoms with E-state index in [2.05, 4.69) is 20.6 Å². The average molecular weight is 504 g/mol. The molecule has 0 spiro atoms. The molecule has 0 amide bonds. The Labute approximate surface area is 182 Å². The van der Waals surface area contributed by atoms with E-state index in [1.165, 1.54) is 0 Å². The van der Waals surface area contributed by atoms with Gasteiger partial charge in [0.1, 0.15) is 23.8 Å². The number of oxazole rings is 1. The first-order valence-electron chi connectivity index (χ1n) is 8.82. The van der Waals surface area contributed by atoms with E-state index in [-0.39, 0.29) is 30.5 Å². The number of halogens is 1. The van der Waals surface area contributed by atoms with Crippen LogP contribution in [0.3, 0.4) is 0 Å². The average Bonchev–Trinajstić information content (AvgIpc) is 3.00. The molecule has 156 valence electrons. The van der Waals surface area contributed by atoms with E-state index in [1.54, 1.807) is 32.4 Å². The first kappa shape index (κ1) is 24.0. The molecule has 2 rings (SSSR count). The number of nitrogens with one attached hydrogen (secondary N) is 2. The van der Waals surface area contributed by atoms with Crippen LogP contribution in [0.15, 0.2) is 27.6 Å². The van der Waals surface area contributed by atoms with E-state index >= 15 is 0 Å². The van der Waals surface area contributed by atoms with Gasteiger partial charge in [-0.05, 0) is 38.5 Å². The predicted octanol–water partition coefficient (Wildman–Crippen LogP) is 2.72.